The summed E-state index contributed by atoms with van der Waals surface area (Å²) in [5, 5.41) is 32.6. The third kappa shape index (κ3) is 9.61. The Balaban J connectivity index is 1.42. The summed E-state index contributed by atoms with van der Waals surface area (Å²) < 4.78 is 33.5. The largest absolute Gasteiger partial charge is 0.508 e. The van der Waals surface area contributed by atoms with Crippen molar-refractivity contribution in [3.05, 3.63) is 65.7 Å². The quantitative estimate of drug-likeness (QED) is 0.282. The van der Waals surface area contributed by atoms with Crippen LogP contribution in [-0.2, 0) is 10.7 Å². The minimum absolute atomic E-state index is 0.0518. The van der Waals surface area contributed by atoms with E-state index in [9.17, 15) is 24.1 Å². The van der Waals surface area contributed by atoms with Crippen molar-refractivity contribution >= 4 is 0 Å². The molecule has 2 aromatic carbocycles. The summed E-state index contributed by atoms with van der Waals surface area (Å²) in [4.78, 5) is 0. The number of aliphatic hydroxyl groups is 2. The van der Waals surface area contributed by atoms with E-state index in [1.54, 1.807) is 30.3 Å². The Morgan fingerprint density at radius 2 is 1.50 bits per heavy atom. The van der Waals surface area contributed by atoms with Crippen LogP contribution in [-0.4, -0.2) is 47.7 Å². The van der Waals surface area contributed by atoms with Crippen LogP contribution < -0.4 is 5.32 Å². The van der Waals surface area contributed by atoms with E-state index in [1.165, 1.54) is 24.3 Å². The smallest absolute Gasteiger partial charge is 0.273 e. The number of alkyl halides is 2. The summed E-state index contributed by atoms with van der Waals surface area (Å²) in [5.74, 6) is -2.70. The van der Waals surface area contributed by atoms with E-state index in [-0.39, 0.29) is 24.3 Å². The van der Waals surface area contributed by atoms with Gasteiger partial charge in [0.05, 0.1) is 6.10 Å². The number of phenolic OH excluding ortho intramolecular Hbond substituents is 1. The molecule has 0 bridgehead atoms. The lowest BCUT2D eigenvalue weighted by Gasteiger charge is -2.18. The first-order valence-electron chi connectivity index (χ1n) is 11.3. The lowest BCUT2D eigenvalue weighted by atomic mass is 10.0. The molecule has 0 aliphatic rings. The van der Waals surface area contributed by atoms with Crippen molar-refractivity contribution in [3.63, 3.8) is 0 Å². The first kappa shape index (κ1) is 26.2. The number of benzene rings is 2. The molecule has 32 heavy (non-hydrogen) atoms. The maximum atomic E-state index is 14.0. The number of nitrogens with one attached hydrogen (secondary N) is 1. The molecule has 2 atom stereocenters. The van der Waals surface area contributed by atoms with E-state index in [0.717, 1.165) is 32.2 Å². The van der Waals surface area contributed by atoms with Crippen LogP contribution in [0, 0.1) is 0 Å². The highest BCUT2D eigenvalue weighted by Crippen LogP contribution is 2.32. The van der Waals surface area contributed by atoms with Gasteiger partial charge in [0.2, 0.25) is 0 Å². The molecule has 1 unspecified atom stereocenters. The number of aromatic hydroxyl groups is 1. The topological polar surface area (TPSA) is 82.0 Å². The first-order valence-corrected chi connectivity index (χ1v) is 11.3. The van der Waals surface area contributed by atoms with Crippen molar-refractivity contribution in [2.45, 2.75) is 56.7 Å². The number of unbranched alkanes of at least 4 members (excludes halogenated alkanes) is 3. The van der Waals surface area contributed by atoms with Crippen LogP contribution >= 0.6 is 0 Å². The highest BCUT2D eigenvalue weighted by atomic mass is 19.3. The maximum Gasteiger partial charge on any atom is 0.273 e. The van der Waals surface area contributed by atoms with Crippen molar-refractivity contribution in [2.24, 2.45) is 0 Å². The molecule has 0 spiro atoms. The van der Waals surface area contributed by atoms with Gasteiger partial charge in [-0.15, -0.1) is 0 Å². The Morgan fingerprint density at radius 1 is 0.844 bits per heavy atom. The molecule has 7 heteroatoms. The Bertz CT molecular complexity index is 743. The van der Waals surface area contributed by atoms with Gasteiger partial charge in [0, 0.05) is 31.7 Å². The Labute approximate surface area is 189 Å². The number of hydrogen-bond donors (Lipinski definition) is 4. The molecule has 5 nitrogen and oxygen atoms in total. The average molecular weight is 452 g/mol. The van der Waals surface area contributed by atoms with Crippen LogP contribution in [0.25, 0.3) is 0 Å². The minimum Gasteiger partial charge on any atom is -0.508 e. The highest BCUT2D eigenvalue weighted by Gasteiger charge is 2.30. The molecule has 0 radical (unpaired) electrons. The molecule has 0 heterocycles. The monoisotopic (exact) mass is 451 g/mol. The van der Waals surface area contributed by atoms with Crippen molar-refractivity contribution < 1.29 is 28.8 Å². The van der Waals surface area contributed by atoms with Gasteiger partial charge in [-0.25, -0.2) is 8.78 Å². The van der Waals surface area contributed by atoms with Gasteiger partial charge in [0.1, 0.15) is 11.9 Å². The number of halogens is 2. The predicted octanol–water partition coefficient (Wildman–Crippen LogP) is 4.53. The summed E-state index contributed by atoms with van der Waals surface area (Å²) in [6.07, 6.45) is 1.98. The van der Waals surface area contributed by atoms with Gasteiger partial charge in [0.15, 0.2) is 0 Å². The van der Waals surface area contributed by atoms with Gasteiger partial charge in [-0.2, -0.15) is 0 Å². The van der Waals surface area contributed by atoms with E-state index in [1.807, 2.05) is 0 Å². The van der Waals surface area contributed by atoms with Crippen LogP contribution in [0.2, 0.25) is 0 Å². The van der Waals surface area contributed by atoms with Crippen molar-refractivity contribution in [1.29, 1.82) is 0 Å². The number of rotatable bonds is 16. The fourth-order valence-corrected chi connectivity index (χ4v) is 3.39. The molecule has 0 amide bonds. The minimum atomic E-state index is -2.81. The number of ether oxygens (including phenoxy) is 1. The Kier molecular flexibility index (Phi) is 11.6. The second kappa shape index (κ2) is 14.2. The average Bonchev–Trinajstić information content (AvgIpc) is 2.80. The van der Waals surface area contributed by atoms with E-state index in [2.05, 4.69) is 5.32 Å². The molecule has 0 fully saturated rings. The fraction of sp³-hybridized carbons (Fsp3) is 0.520. The molecular weight excluding hydrogens is 416 g/mol. The van der Waals surface area contributed by atoms with E-state index >= 15 is 0 Å². The molecule has 0 aromatic heterocycles. The van der Waals surface area contributed by atoms with Gasteiger partial charge < -0.3 is 25.4 Å². The zero-order chi connectivity index (χ0) is 23.2. The second-order valence-electron chi connectivity index (χ2n) is 8.01. The van der Waals surface area contributed by atoms with E-state index in [4.69, 9.17) is 4.74 Å². The SMILES string of the molecule is Oc1ccc(C(O)[C@H](O)CNCCCCCCOCCCC(F)(F)c2ccccc2)cc1. The van der Waals surface area contributed by atoms with Gasteiger partial charge in [-0.3, -0.25) is 0 Å². The zero-order valence-electron chi connectivity index (χ0n) is 18.4. The van der Waals surface area contributed by atoms with Crippen LogP contribution in [0.15, 0.2) is 54.6 Å². The summed E-state index contributed by atoms with van der Waals surface area (Å²) in [6, 6.07) is 14.0. The number of phenols is 1. The molecule has 4 N–H and O–H groups in total. The molecule has 0 saturated heterocycles. The van der Waals surface area contributed by atoms with Crippen molar-refractivity contribution in [1.82, 2.24) is 5.32 Å². The fourth-order valence-electron chi connectivity index (χ4n) is 3.39. The lowest BCUT2D eigenvalue weighted by molar-refractivity contribution is -0.0226. The number of aliphatic hydroxyl groups excluding tert-OH is 2. The molecule has 0 aliphatic heterocycles. The maximum absolute atomic E-state index is 14.0. The molecular formula is C25H35F2NO4. The van der Waals surface area contributed by atoms with Crippen molar-refractivity contribution in [3.8, 4) is 5.75 Å². The second-order valence-corrected chi connectivity index (χ2v) is 8.01. The van der Waals surface area contributed by atoms with Gasteiger partial charge in [-0.05, 0) is 43.5 Å². The molecule has 2 aromatic rings. The Morgan fingerprint density at radius 3 is 2.22 bits per heavy atom. The summed E-state index contributed by atoms with van der Waals surface area (Å²) in [5.41, 5.74) is 0.608. The third-order valence-electron chi connectivity index (χ3n) is 5.32. The van der Waals surface area contributed by atoms with Crippen LogP contribution in [0.5, 0.6) is 5.75 Å². The van der Waals surface area contributed by atoms with Crippen LogP contribution in [0.3, 0.4) is 0 Å². The zero-order valence-corrected chi connectivity index (χ0v) is 18.4. The summed E-state index contributed by atoms with van der Waals surface area (Å²) in [7, 11) is 0. The standard InChI is InChI=1S/C25H35F2NO4/c26-25(27,21-9-4-3-5-10-21)15-8-18-32-17-7-2-1-6-16-28-19-23(30)24(31)20-11-13-22(29)14-12-20/h3-5,9-14,23-24,28-31H,1-2,6-8,15-19H2/t23-,24?/m1/s1. The van der Waals surface area contributed by atoms with Gasteiger partial charge in [-0.1, -0.05) is 55.3 Å². The number of hydrogen-bond acceptors (Lipinski definition) is 5. The molecule has 0 aliphatic carbocycles. The van der Waals surface area contributed by atoms with Crippen LogP contribution in [0.1, 0.15) is 55.8 Å². The third-order valence-corrected chi connectivity index (χ3v) is 5.32. The van der Waals surface area contributed by atoms with Gasteiger partial charge in [0.25, 0.3) is 5.92 Å². The predicted molar refractivity (Wildman–Crippen MR) is 121 cm³/mol. The normalized spacial score (nSPS) is 13.8. The van der Waals surface area contributed by atoms with Crippen molar-refractivity contribution in [2.75, 3.05) is 26.3 Å². The first-order chi connectivity index (χ1) is 15.4. The van der Waals surface area contributed by atoms with E-state index in [0.29, 0.717) is 25.2 Å². The highest BCUT2D eigenvalue weighted by molar-refractivity contribution is 5.27. The van der Waals surface area contributed by atoms with Gasteiger partial charge >= 0.3 is 0 Å². The molecule has 178 valence electrons. The molecule has 2 rings (SSSR count). The Hall–Kier alpha value is -2.06. The summed E-state index contributed by atoms with van der Waals surface area (Å²) in [6.45, 7) is 1.92. The lowest BCUT2D eigenvalue weighted by Crippen LogP contribution is -2.32. The summed E-state index contributed by atoms with van der Waals surface area (Å²) >= 11 is 0. The molecule has 0 saturated carbocycles. The van der Waals surface area contributed by atoms with Crippen LogP contribution in [0.4, 0.5) is 8.78 Å². The van der Waals surface area contributed by atoms with E-state index < -0.39 is 18.1 Å².